The first-order valence-electron chi connectivity index (χ1n) is 7.42. The fraction of sp³-hybridized carbons (Fsp3) is 0.176. The quantitative estimate of drug-likeness (QED) is 0.736. The molecule has 2 aromatic rings. The Bertz CT molecular complexity index is 890. The molecule has 2 N–H and O–H groups in total. The fourth-order valence-corrected chi connectivity index (χ4v) is 3.06. The SMILES string of the molecule is N#CCCNS(=O)(=O)c1ccc(C(=O)NCc2ccccc2F)cc1. The molecule has 2 aromatic carbocycles. The van der Waals surface area contributed by atoms with E-state index in [1.165, 1.54) is 30.3 Å². The molecule has 0 saturated carbocycles. The zero-order valence-electron chi connectivity index (χ0n) is 13.2. The summed E-state index contributed by atoms with van der Waals surface area (Å²) in [6, 6.07) is 13.3. The standard InChI is InChI=1S/C17H16FN3O3S/c18-16-5-2-1-4-14(16)12-20-17(22)13-6-8-15(9-7-13)25(23,24)21-11-3-10-19/h1-2,4-9,21H,3,11-12H2,(H,20,22). The van der Waals surface area contributed by atoms with Crippen molar-refractivity contribution < 1.29 is 17.6 Å². The topological polar surface area (TPSA) is 99.1 Å². The third kappa shape index (κ3) is 5.11. The molecule has 2 rings (SSSR count). The second-order valence-corrected chi connectivity index (χ2v) is 6.87. The minimum atomic E-state index is -3.72. The first kappa shape index (κ1) is 18.6. The molecule has 0 spiro atoms. The Morgan fingerprint density at radius 3 is 2.44 bits per heavy atom. The van der Waals surface area contributed by atoms with Crippen LogP contribution in [0.15, 0.2) is 53.4 Å². The lowest BCUT2D eigenvalue weighted by atomic mass is 10.2. The first-order valence-corrected chi connectivity index (χ1v) is 8.90. The van der Waals surface area contributed by atoms with E-state index >= 15 is 0 Å². The van der Waals surface area contributed by atoms with Gasteiger partial charge in [-0.1, -0.05) is 18.2 Å². The van der Waals surface area contributed by atoms with Gasteiger partial charge >= 0.3 is 0 Å². The summed E-state index contributed by atoms with van der Waals surface area (Å²) in [4.78, 5) is 12.1. The van der Waals surface area contributed by atoms with Gasteiger partial charge in [-0.15, -0.1) is 0 Å². The molecular weight excluding hydrogens is 345 g/mol. The highest BCUT2D eigenvalue weighted by molar-refractivity contribution is 7.89. The van der Waals surface area contributed by atoms with Crippen molar-refractivity contribution in [2.24, 2.45) is 0 Å². The maximum Gasteiger partial charge on any atom is 0.251 e. The molecule has 0 fully saturated rings. The van der Waals surface area contributed by atoms with Gasteiger partial charge in [0.15, 0.2) is 0 Å². The maximum absolute atomic E-state index is 13.5. The normalized spacial score (nSPS) is 10.9. The third-order valence-corrected chi connectivity index (χ3v) is 4.83. The number of amides is 1. The number of benzene rings is 2. The van der Waals surface area contributed by atoms with Gasteiger partial charge in [0.05, 0.1) is 11.0 Å². The lowest BCUT2D eigenvalue weighted by Crippen LogP contribution is -2.25. The van der Waals surface area contributed by atoms with Crippen LogP contribution in [0.2, 0.25) is 0 Å². The predicted octanol–water partition coefficient (Wildman–Crippen LogP) is 1.95. The van der Waals surface area contributed by atoms with Crippen molar-refractivity contribution >= 4 is 15.9 Å². The van der Waals surface area contributed by atoms with E-state index < -0.39 is 21.7 Å². The summed E-state index contributed by atoms with van der Waals surface area (Å²) >= 11 is 0. The number of hydrogen-bond donors (Lipinski definition) is 2. The third-order valence-electron chi connectivity index (χ3n) is 3.35. The van der Waals surface area contributed by atoms with Crippen LogP contribution in [0.3, 0.4) is 0 Å². The van der Waals surface area contributed by atoms with Crippen LogP contribution >= 0.6 is 0 Å². The molecule has 0 atom stereocenters. The maximum atomic E-state index is 13.5. The van der Waals surface area contributed by atoms with Crippen LogP contribution in [0, 0.1) is 17.1 Å². The highest BCUT2D eigenvalue weighted by Gasteiger charge is 2.14. The average molecular weight is 361 g/mol. The van der Waals surface area contributed by atoms with Crippen molar-refractivity contribution in [3.8, 4) is 6.07 Å². The van der Waals surface area contributed by atoms with Crippen LogP contribution in [0.25, 0.3) is 0 Å². The van der Waals surface area contributed by atoms with Gasteiger partial charge in [0.1, 0.15) is 5.82 Å². The van der Waals surface area contributed by atoms with Gasteiger partial charge in [-0.2, -0.15) is 5.26 Å². The molecule has 0 aliphatic heterocycles. The van der Waals surface area contributed by atoms with Crippen LogP contribution in [0.1, 0.15) is 22.3 Å². The molecule has 0 radical (unpaired) electrons. The van der Waals surface area contributed by atoms with E-state index in [1.807, 2.05) is 6.07 Å². The minimum Gasteiger partial charge on any atom is -0.348 e. The largest absolute Gasteiger partial charge is 0.348 e. The molecule has 130 valence electrons. The van der Waals surface area contributed by atoms with Crippen LogP contribution in [-0.4, -0.2) is 20.9 Å². The van der Waals surface area contributed by atoms with Gasteiger partial charge in [0.2, 0.25) is 10.0 Å². The van der Waals surface area contributed by atoms with E-state index in [2.05, 4.69) is 10.0 Å². The second kappa shape index (κ2) is 8.37. The van der Waals surface area contributed by atoms with Crippen LogP contribution in [0.5, 0.6) is 0 Å². The fourth-order valence-electron chi connectivity index (χ4n) is 2.03. The summed E-state index contributed by atoms with van der Waals surface area (Å²) in [5.41, 5.74) is 0.615. The zero-order chi connectivity index (χ0) is 18.3. The Hall–Kier alpha value is -2.76. The number of rotatable bonds is 7. The summed E-state index contributed by atoms with van der Waals surface area (Å²) < 4.78 is 39.7. The summed E-state index contributed by atoms with van der Waals surface area (Å²) in [5.74, 6) is -0.850. The Morgan fingerprint density at radius 2 is 1.80 bits per heavy atom. The van der Waals surface area contributed by atoms with Gasteiger partial charge in [-0.05, 0) is 30.3 Å². The van der Waals surface area contributed by atoms with Crippen molar-refractivity contribution in [2.45, 2.75) is 17.9 Å². The van der Waals surface area contributed by atoms with E-state index in [9.17, 15) is 17.6 Å². The molecular formula is C17H16FN3O3S. The van der Waals surface area contributed by atoms with E-state index in [0.29, 0.717) is 5.56 Å². The zero-order valence-corrected chi connectivity index (χ0v) is 14.0. The Morgan fingerprint density at radius 1 is 1.12 bits per heavy atom. The molecule has 0 unspecified atom stereocenters. The lowest BCUT2D eigenvalue weighted by molar-refractivity contribution is 0.0950. The number of nitrogens with zero attached hydrogens (tertiary/aromatic N) is 1. The molecule has 0 aromatic heterocycles. The summed E-state index contributed by atoms with van der Waals surface area (Å²) in [5, 5.41) is 11.0. The number of sulfonamides is 1. The van der Waals surface area contributed by atoms with Crippen molar-refractivity contribution in [1.29, 1.82) is 5.26 Å². The number of carbonyl (C=O) groups is 1. The van der Waals surface area contributed by atoms with Gasteiger partial charge in [-0.25, -0.2) is 17.5 Å². The van der Waals surface area contributed by atoms with Crippen molar-refractivity contribution in [3.63, 3.8) is 0 Å². The number of halogens is 1. The Labute approximate surface area is 145 Å². The summed E-state index contributed by atoms with van der Waals surface area (Å²) in [7, 11) is -3.72. The molecule has 6 nitrogen and oxygen atoms in total. The molecule has 8 heteroatoms. The van der Waals surface area contributed by atoms with Crippen molar-refractivity contribution in [2.75, 3.05) is 6.54 Å². The monoisotopic (exact) mass is 361 g/mol. The average Bonchev–Trinajstić information content (AvgIpc) is 2.61. The smallest absolute Gasteiger partial charge is 0.251 e. The van der Waals surface area contributed by atoms with Gasteiger partial charge in [0.25, 0.3) is 5.91 Å². The van der Waals surface area contributed by atoms with Gasteiger partial charge in [0, 0.05) is 30.6 Å². The number of nitrogens with one attached hydrogen (secondary N) is 2. The first-order chi connectivity index (χ1) is 11.9. The molecule has 0 bridgehead atoms. The Kier molecular flexibility index (Phi) is 6.22. The van der Waals surface area contributed by atoms with E-state index in [4.69, 9.17) is 5.26 Å². The summed E-state index contributed by atoms with van der Waals surface area (Å²) in [6.07, 6.45) is 0.0652. The molecule has 0 aliphatic rings. The summed E-state index contributed by atoms with van der Waals surface area (Å²) in [6.45, 7) is 0.0466. The molecule has 0 aliphatic carbocycles. The molecule has 25 heavy (non-hydrogen) atoms. The molecule has 1 amide bonds. The number of carbonyl (C=O) groups excluding carboxylic acids is 1. The second-order valence-electron chi connectivity index (χ2n) is 5.10. The van der Waals surface area contributed by atoms with Crippen molar-refractivity contribution in [1.82, 2.24) is 10.0 Å². The molecule has 0 heterocycles. The van der Waals surface area contributed by atoms with E-state index in [-0.39, 0.29) is 30.0 Å². The Balaban J connectivity index is 2.00. The number of nitriles is 1. The van der Waals surface area contributed by atoms with Gasteiger partial charge < -0.3 is 5.32 Å². The van der Waals surface area contributed by atoms with Crippen LogP contribution < -0.4 is 10.0 Å². The van der Waals surface area contributed by atoms with Gasteiger partial charge in [-0.3, -0.25) is 4.79 Å². The molecule has 0 saturated heterocycles. The van der Waals surface area contributed by atoms with E-state index in [1.54, 1.807) is 18.2 Å². The predicted molar refractivity (Wildman–Crippen MR) is 89.4 cm³/mol. The van der Waals surface area contributed by atoms with E-state index in [0.717, 1.165) is 0 Å². The van der Waals surface area contributed by atoms with Crippen LogP contribution in [0.4, 0.5) is 4.39 Å². The lowest BCUT2D eigenvalue weighted by Gasteiger charge is -2.08. The minimum absolute atomic E-state index is 0.00362. The van der Waals surface area contributed by atoms with Crippen molar-refractivity contribution in [3.05, 3.63) is 65.5 Å². The number of hydrogen-bond acceptors (Lipinski definition) is 4. The highest BCUT2D eigenvalue weighted by atomic mass is 32.2. The highest BCUT2D eigenvalue weighted by Crippen LogP contribution is 2.11. The van der Waals surface area contributed by atoms with Crippen LogP contribution in [-0.2, 0) is 16.6 Å².